The molecule has 4 heteroatoms. The lowest BCUT2D eigenvalue weighted by molar-refractivity contribution is -0.148. The summed E-state index contributed by atoms with van der Waals surface area (Å²) in [6.07, 6.45) is 0. The van der Waals surface area contributed by atoms with Gasteiger partial charge < -0.3 is 5.11 Å². The third-order valence-electron chi connectivity index (χ3n) is 1.53. The second-order valence-electron chi connectivity index (χ2n) is 2.44. The van der Waals surface area contributed by atoms with Crippen LogP contribution in [-0.2, 0) is 9.59 Å². The average molecular weight is 199 g/mol. The van der Waals surface area contributed by atoms with E-state index >= 15 is 0 Å². The Morgan fingerprint density at radius 1 is 1.23 bits per heavy atom. The predicted molar refractivity (Wildman–Crippen MR) is 47.7 cm³/mol. The van der Waals surface area contributed by atoms with Crippen molar-refractivity contribution < 1.29 is 14.7 Å². The van der Waals surface area contributed by atoms with Crippen molar-refractivity contribution in [2.24, 2.45) is 0 Å². The number of carbonyl (C=O) groups excluding carboxylic acids is 1. The van der Waals surface area contributed by atoms with Crippen LogP contribution in [0.25, 0.3) is 0 Å². The zero-order valence-electron chi connectivity index (χ0n) is 6.61. The molecule has 0 amide bonds. The molecule has 0 saturated heterocycles. The van der Waals surface area contributed by atoms with Crippen molar-refractivity contribution in [3.63, 3.8) is 0 Å². The Labute approximate surface area is 79.9 Å². The van der Waals surface area contributed by atoms with Gasteiger partial charge in [-0.3, -0.25) is 4.79 Å². The number of hydrogen-bond acceptors (Lipinski definition) is 2. The molecule has 1 aromatic rings. The van der Waals surface area contributed by atoms with Crippen molar-refractivity contribution in [3.05, 3.63) is 35.9 Å². The van der Waals surface area contributed by atoms with Crippen LogP contribution >= 0.6 is 11.6 Å². The van der Waals surface area contributed by atoms with E-state index in [0.29, 0.717) is 5.56 Å². The summed E-state index contributed by atoms with van der Waals surface area (Å²) in [7, 11) is 0. The number of alkyl halides is 1. The van der Waals surface area contributed by atoms with Gasteiger partial charge in [0.05, 0.1) is 0 Å². The van der Waals surface area contributed by atoms with Gasteiger partial charge in [0.15, 0.2) is 0 Å². The number of hydrogen-bond donors (Lipinski definition) is 1. The summed E-state index contributed by atoms with van der Waals surface area (Å²) in [6.45, 7) is 0. The van der Waals surface area contributed by atoms with Crippen LogP contribution in [0.3, 0.4) is 0 Å². The third-order valence-corrected chi connectivity index (χ3v) is 1.98. The maximum Gasteiger partial charge on any atom is 0.374 e. The molecule has 0 fully saturated rings. The lowest BCUT2D eigenvalue weighted by Crippen LogP contribution is -2.17. The van der Waals surface area contributed by atoms with E-state index < -0.39 is 17.1 Å². The summed E-state index contributed by atoms with van der Waals surface area (Å²) in [6, 6.07) is 8.37. The molecule has 0 aliphatic carbocycles. The number of carbonyl (C=O) groups is 2. The number of aliphatic carboxylic acids is 1. The van der Waals surface area contributed by atoms with Gasteiger partial charge in [0.2, 0.25) is 0 Å². The minimum absolute atomic E-state index is 0.497. The molecule has 1 unspecified atom stereocenters. The second kappa shape index (κ2) is 4.05. The van der Waals surface area contributed by atoms with E-state index in [4.69, 9.17) is 16.7 Å². The summed E-state index contributed by atoms with van der Waals surface area (Å²) >= 11 is 5.62. The molecule has 0 heterocycles. The highest BCUT2D eigenvalue weighted by Crippen LogP contribution is 2.20. The summed E-state index contributed by atoms with van der Waals surface area (Å²) in [4.78, 5) is 21.2. The molecule has 0 bridgehead atoms. The maximum absolute atomic E-state index is 10.9. The quantitative estimate of drug-likeness (QED) is 0.593. The van der Waals surface area contributed by atoms with Crippen LogP contribution in [0, 0.1) is 0 Å². The Kier molecular flexibility index (Phi) is 3.03. The van der Waals surface area contributed by atoms with Crippen molar-refractivity contribution in [2.75, 3.05) is 0 Å². The fourth-order valence-electron chi connectivity index (χ4n) is 0.882. The molecular weight excluding hydrogens is 192 g/mol. The van der Waals surface area contributed by atoms with Crippen LogP contribution < -0.4 is 0 Å². The minimum Gasteiger partial charge on any atom is -0.475 e. The number of carboxylic acid groups (broad SMARTS) is 1. The van der Waals surface area contributed by atoms with Gasteiger partial charge in [0, 0.05) is 0 Å². The normalized spacial score (nSPS) is 12.1. The molecule has 1 rings (SSSR count). The molecule has 0 saturated carbocycles. The summed E-state index contributed by atoms with van der Waals surface area (Å²) in [5.74, 6) is -2.52. The first-order chi connectivity index (χ1) is 6.13. The van der Waals surface area contributed by atoms with Gasteiger partial charge in [-0.1, -0.05) is 30.3 Å². The molecular formula is C9H7ClO3. The largest absolute Gasteiger partial charge is 0.475 e. The molecule has 0 aliphatic rings. The van der Waals surface area contributed by atoms with Gasteiger partial charge in [-0.2, -0.15) is 0 Å². The Hall–Kier alpha value is -1.35. The van der Waals surface area contributed by atoms with E-state index in [0.717, 1.165) is 0 Å². The zero-order valence-corrected chi connectivity index (χ0v) is 7.36. The van der Waals surface area contributed by atoms with Crippen LogP contribution in [0.15, 0.2) is 30.3 Å². The van der Waals surface area contributed by atoms with Crippen LogP contribution in [0.2, 0.25) is 0 Å². The van der Waals surface area contributed by atoms with E-state index in [1.807, 2.05) is 0 Å². The molecule has 1 N–H and O–H groups in total. The van der Waals surface area contributed by atoms with Crippen LogP contribution in [0.4, 0.5) is 0 Å². The predicted octanol–water partition coefficient (Wildman–Crippen LogP) is 1.62. The smallest absolute Gasteiger partial charge is 0.374 e. The fraction of sp³-hybridized carbons (Fsp3) is 0.111. The lowest BCUT2D eigenvalue weighted by Gasteiger charge is -2.04. The van der Waals surface area contributed by atoms with Crippen molar-refractivity contribution in [3.8, 4) is 0 Å². The van der Waals surface area contributed by atoms with Crippen molar-refractivity contribution in [2.45, 2.75) is 5.38 Å². The monoisotopic (exact) mass is 198 g/mol. The van der Waals surface area contributed by atoms with Crippen LogP contribution in [-0.4, -0.2) is 16.9 Å². The number of rotatable bonds is 3. The molecule has 68 valence electrons. The molecule has 3 nitrogen and oxygen atoms in total. The molecule has 13 heavy (non-hydrogen) atoms. The lowest BCUT2D eigenvalue weighted by atomic mass is 10.1. The topological polar surface area (TPSA) is 54.4 Å². The molecule has 1 atom stereocenters. The minimum atomic E-state index is -1.51. The number of carboxylic acids is 1. The number of benzene rings is 1. The van der Waals surface area contributed by atoms with E-state index in [-0.39, 0.29) is 0 Å². The van der Waals surface area contributed by atoms with E-state index in [2.05, 4.69) is 0 Å². The van der Waals surface area contributed by atoms with Gasteiger partial charge in [-0.25, -0.2) is 4.79 Å². The molecule has 0 aromatic heterocycles. The summed E-state index contributed by atoms with van der Waals surface area (Å²) in [5.41, 5.74) is 0.497. The highest BCUT2D eigenvalue weighted by molar-refractivity contribution is 6.47. The van der Waals surface area contributed by atoms with Gasteiger partial charge in [-0.15, -0.1) is 11.6 Å². The van der Waals surface area contributed by atoms with Crippen LogP contribution in [0.1, 0.15) is 10.9 Å². The Morgan fingerprint density at radius 2 is 1.77 bits per heavy atom. The number of halogens is 1. The SMILES string of the molecule is O=C(O)C(=O)C(Cl)c1ccccc1. The van der Waals surface area contributed by atoms with Crippen molar-refractivity contribution in [1.82, 2.24) is 0 Å². The Bertz CT molecular complexity index is 321. The second-order valence-corrected chi connectivity index (χ2v) is 2.88. The Morgan fingerprint density at radius 3 is 2.23 bits per heavy atom. The van der Waals surface area contributed by atoms with Crippen LogP contribution in [0.5, 0.6) is 0 Å². The van der Waals surface area contributed by atoms with Gasteiger partial charge in [0.1, 0.15) is 5.38 Å². The van der Waals surface area contributed by atoms with E-state index in [1.54, 1.807) is 30.3 Å². The van der Waals surface area contributed by atoms with E-state index in [9.17, 15) is 9.59 Å². The molecule has 1 aromatic carbocycles. The van der Waals surface area contributed by atoms with Gasteiger partial charge in [-0.05, 0) is 5.56 Å². The molecule has 0 aliphatic heterocycles. The maximum atomic E-state index is 10.9. The summed E-state index contributed by atoms with van der Waals surface area (Å²) in [5, 5.41) is 7.28. The number of Topliss-reactive ketones (excluding diaryl/α,β-unsaturated/α-hetero) is 1. The first-order valence-corrected chi connectivity index (χ1v) is 4.02. The molecule has 0 spiro atoms. The van der Waals surface area contributed by atoms with Gasteiger partial charge in [0.25, 0.3) is 5.78 Å². The average Bonchev–Trinajstić information content (AvgIpc) is 2.17. The van der Waals surface area contributed by atoms with Gasteiger partial charge >= 0.3 is 5.97 Å². The first kappa shape index (κ1) is 9.74. The highest BCUT2D eigenvalue weighted by atomic mass is 35.5. The fourth-order valence-corrected chi connectivity index (χ4v) is 1.12. The van der Waals surface area contributed by atoms with Crippen molar-refractivity contribution >= 4 is 23.4 Å². The standard InChI is InChI=1S/C9H7ClO3/c10-7(8(11)9(12)13)6-4-2-1-3-5-6/h1-5,7H,(H,12,13). The number of ketones is 1. The Balaban J connectivity index is 2.86. The highest BCUT2D eigenvalue weighted by Gasteiger charge is 2.23. The van der Waals surface area contributed by atoms with E-state index in [1.165, 1.54) is 0 Å². The summed E-state index contributed by atoms with van der Waals surface area (Å²) < 4.78 is 0. The zero-order chi connectivity index (χ0) is 9.84. The first-order valence-electron chi connectivity index (χ1n) is 3.59. The molecule has 0 radical (unpaired) electrons. The van der Waals surface area contributed by atoms with Crippen molar-refractivity contribution in [1.29, 1.82) is 0 Å². The third kappa shape index (κ3) is 2.29.